The molecule has 1 aliphatic carbocycles. The van der Waals surface area contributed by atoms with Gasteiger partial charge in [-0.1, -0.05) is 0 Å². The lowest BCUT2D eigenvalue weighted by Crippen LogP contribution is -2.49. The van der Waals surface area contributed by atoms with Crippen molar-refractivity contribution in [2.24, 2.45) is 0 Å². The lowest BCUT2D eigenvalue weighted by Gasteiger charge is -2.39. The molecule has 10 heteroatoms. The van der Waals surface area contributed by atoms with Gasteiger partial charge in [0.2, 0.25) is 6.79 Å². The van der Waals surface area contributed by atoms with Crippen LogP contribution in [0, 0.1) is 0 Å². The van der Waals surface area contributed by atoms with Gasteiger partial charge < -0.3 is 33.9 Å². The molecule has 1 aromatic rings. The molecule has 4 atom stereocenters. The normalized spacial score (nSPS) is 26.6. The Balaban J connectivity index is 1.49. The lowest BCUT2D eigenvalue weighted by molar-refractivity contribution is -0.179. The summed E-state index contributed by atoms with van der Waals surface area (Å²) >= 11 is 0. The molecule has 1 spiro atoms. The number of esters is 2. The van der Waals surface area contributed by atoms with Crippen LogP contribution in [0.25, 0.3) is 0 Å². The summed E-state index contributed by atoms with van der Waals surface area (Å²) in [4.78, 5) is 28.7. The van der Waals surface area contributed by atoms with E-state index < -0.39 is 41.2 Å². The van der Waals surface area contributed by atoms with Crippen molar-refractivity contribution in [2.75, 3.05) is 33.6 Å². The molecule has 1 fully saturated rings. The zero-order chi connectivity index (χ0) is 28.7. The van der Waals surface area contributed by atoms with Crippen LogP contribution in [0.3, 0.4) is 0 Å². The van der Waals surface area contributed by atoms with Crippen LogP contribution in [0.5, 0.6) is 11.5 Å². The summed E-state index contributed by atoms with van der Waals surface area (Å²) in [5.41, 5.74) is -1.42. The largest absolute Gasteiger partial charge is 0.497 e. The van der Waals surface area contributed by atoms with Gasteiger partial charge in [0.25, 0.3) is 0 Å². The van der Waals surface area contributed by atoms with Crippen LogP contribution in [0.15, 0.2) is 24.0 Å². The summed E-state index contributed by atoms with van der Waals surface area (Å²) in [6, 6.07) is 4.01. The van der Waals surface area contributed by atoms with Crippen LogP contribution in [-0.2, 0) is 30.2 Å². The van der Waals surface area contributed by atoms with Crippen LogP contribution >= 0.6 is 0 Å². The molecule has 3 aliphatic heterocycles. The number of rotatable bonds is 10. The predicted octanol–water partition coefficient (Wildman–Crippen LogP) is 2.97. The van der Waals surface area contributed by atoms with Crippen molar-refractivity contribution in [3.05, 3.63) is 35.1 Å². The molecule has 0 aromatic heterocycles. The summed E-state index contributed by atoms with van der Waals surface area (Å²) in [6.45, 7) is 7.01. The second-order valence-electron chi connectivity index (χ2n) is 12.0. The molecule has 2 unspecified atom stereocenters. The van der Waals surface area contributed by atoms with Crippen LogP contribution in [0.4, 0.5) is 0 Å². The fourth-order valence-corrected chi connectivity index (χ4v) is 6.85. The fraction of sp³-hybridized carbons (Fsp3) is 0.667. The lowest BCUT2D eigenvalue weighted by atomic mass is 9.77. The quantitative estimate of drug-likeness (QED) is 0.414. The first kappa shape index (κ1) is 28.7. The standard InChI is InChI=1S/C30H41NO9/c1-5-37-24(32)17-30(35,11-6-9-28(2,3)34)27(33)40-26-23(36-4)16-29-10-7-12-31(29)13-8-19-14-21-22(39-18-38-21)15-20(19)25(26)29/h14-16,25-26,34-35H,5-13,17-18H2,1-4H3/t25-,26?,29+,30?/m1/s1. The Bertz CT molecular complexity index is 1170. The van der Waals surface area contributed by atoms with E-state index in [0.717, 1.165) is 43.5 Å². The molecule has 0 amide bonds. The molecule has 1 saturated heterocycles. The average molecular weight is 560 g/mol. The van der Waals surface area contributed by atoms with Crippen LogP contribution in [0.1, 0.15) is 76.3 Å². The van der Waals surface area contributed by atoms with Gasteiger partial charge in [0.15, 0.2) is 23.2 Å². The highest BCUT2D eigenvalue weighted by Gasteiger charge is 2.59. The van der Waals surface area contributed by atoms with E-state index in [1.807, 2.05) is 12.1 Å². The number of benzene rings is 1. The second-order valence-corrected chi connectivity index (χ2v) is 12.0. The Morgan fingerprint density at radius 2 is 1.90 bits per heavy atom. The van der Waals surface area contributed by atoms with Gasteiger partial charge in [-0.25, -0.2) is 4.79 Å². The number of methoxy groups -OCH3 is 1. The van der Waals surface area contributed by atoms with Gasteiger partial charge in [0.1, 0.15) is 5.76 Å². The average Bonchev–Trinajstić information content (AvgIpc) is 3.57. The van der Waals surface area contributed by atoms with Crippen molar-refractivity contribution in [1.82, 2.24) is 4.90 Å². The van der Waals surface area contributed by atoms with E-state index in [2.05, 4.69) is 11.0 Å². The maximum Gasteiger partial charge on any atom is 0.339 e. The highest BCUT2D eigenvalue weighted by atomic mass is 16.7. The third-order valence-corrected chi connectivity index (χ3v) is 8.70. The molecule has 0 saturated carbocycles. The Kier molecular flexibility index (Phi) is 7.80. The van der Waals surface area contributed by atoms with Gasteiger partial charge in [-0.3, -0.25) is 9.69 Å². The molecule has 1 aromatic carbocycles. The minimum atomic E-state index is -2.12. The molecule has 40 heavy (non-hydrogen) atoms. The number of hydrogen-bond donors (Lipinski definition) is 2. The number of carbonyl (C=O) groups excluding carboxylic acids is 2. The summed E-state index contributed by atoms with van der Waals surface area (Å²) in [7, 11) is 1.56. The number of fused-ring (bicyclic) bond motifs is 3. The SMILES string of the molecule is CCOC(=O)CC(O)(CCCC(C)(C)O)C(=O)OC1C(OC)=C[C@]23CCCN2CCc2cc4c(cc2[C@H]13)OCO4. The monoisotopic (exact) mass is 559 g/mol. The zero-order valence-electron chi connectivity index (χ0n) is 23.9. The third-order valence-electron chi connectivity index (χ3n) is 8.70. The minimum Gasteiger partial charge on any atom is -0.497 e. The molecule has 0 radical (unpaired) electrons. The first-order chi connectivity index (χ1) is 19.0. The molecule has 2 N–H and O–H groups in total. The maximum absolute atomic E-state index is 13.8. The predicted molar refractivity (Wildman–Crippen MR) is 144 cm³/mol. The number of carbonyl (C=O) groups is 2. The van der Waals surface area contributed by atoms with Gasteiger partial charge in [-0.05, 0) is 95.2 Å². The van der Waals surface area contributed by atoms with Crippen LogP contribution < -0.4 is 9.47 Å². The molecule has 220 valence electrons. The molecule has 10 nitrogen and oxygen atoms in total. The molecule has 5 rings (SSSR count). The highest BCUT2D eigenvalue weighted by Crippen LogP contribution is 2.55. The van der Waals surface area contributed by atoms with Gasteiger partial charge in [-0.2, -0.15) is 0 Å². The van der Waals surface area contributed by atoms with E-state index in [1.165, 1.54) is 0 Å². The Morgan fingerprint density at radius 1 is 1.15 bits per heavy atom. The van der Waals surface area contributed by atoms with E-state index in [4.69, 9.17) is 23.7 Å². The number of hydrogen-bond acceptors (Lipinski definition) is 10. The van der Waals surface area contributed by atoms with Crippen molar-refractivity contribution in [3.63, 3.8) is 0 Å². The van der Waals surface area contributed by atoms with E-state index in [0.29, 0.717) is 30.1 Å². The van der Waals surface area contributed by atoms with Gasteiger partial charge in [0, 0.05) is 6.54 Å². The fourth-order valence-electron chi connectivity index (χ4n) is 6.85. The Morgan fingerprint density at radius 3 is 2.60 bits per heavy atom. The van der Waals surface area contributed by atoms with Crippen LogP contribution in [0.2, 0.25) is 0 Å². The molecular formula is C30H41NO9. The summed E-state index contributed by atoms with van der Waals surface area (Å²) in [5, 5.41) is 21.8. The van der Waals surface area contributed by atoms with Crippen molar-refractivity contribution < 1.29 is 43.5 Å². The Labute approximate surface area is 235 Å². The van der Waals surface area contributed by atoms with Crippen molar-refractivity contribution in [1.29, 1.82) is 0 Å². The van der Waals surface area contributed by atoms with Crippen LogP contribution in [-0.4, -0.2) is 83.5 Å². The Hall–Kier alpha value is -2.82. The number of aliphatic hydroxyl groups is 2. The van der Waals surface area contributed by atoms with E-state index in [1.54, 1.807) is 27.9 Å². The maximum atomic E-state index is 13.8. The zero-order valence-corrected chi connectivity index (χ0v) is 23.9. The number of ether oxygens (including phenoxy) is 5. The summed E-state index contributed by atoms with van der Waals surface area (Å²) in [6.07, 6.45) is 3.97. The van der Waals surface area contributed by atoms with Gasteiger partial charge in [0.05, 0.1) is 37.2 Å². The number of nitrogens with zero attached hydrogens (tertiary/aromatic N) is 1. The van der Waals surface area contributed by atoms with Gasteiger partial charge in [-0.15, -0.1) is 0 Å². The molecular weight excluding hydrogens is 518 g/mol. The summed E-state index contributed by atoms with van der Waals surface area (Å²) in [5.74, 6) is -0.0176. The first-order valence-corrected chi connectivity index (χ1v) is 14.3. The molecule has 4 aliphatic rings. The van der Waals surface area contributed by atoms with E-state index >= 15 is 0 Å². The first-order valence-electron chi connectivity index (χ1n) is 14.3. The van der Waals surface area contributed by atoms with E-state index in [9.17, 15) is 19.8 Å². The topological polar surface area (TPSA) is 124 Å². The van der Waals surface area contributed by atoms with Gasteiger partial charge >= 0.3 is 11.9 Å². The molecule has 3 heterocycles. The minimum absolute atomic E-state index is 0.0649. The highest BCUT2D eigenvalue weighted by molar-refractivity contribution is 5.86. The van der Waals surface area contributed by atoms with Crippen molar-refractivity contribution >= 4 is 11.9 Å². The molecule has 0 bridgehead atoms. The second kappa shape index (κ2) is 10.9. The van der Waals surface area contributed by atoms with Crippen molar-refractivity contribution in [3.8, 4) is 11.5 Å². The van der Waals surface area contributed by atoms with Crippen molar-refractivity contribution in [2.45, 2.75) is 94.5 Å². The van der Waals surface area contributed by atoms with E-state index in [-0.39, 0.29) is 25.7 Å². The smallest absolute Gasteiger partial charge is 0.339 e. The summed E-state index contributed by atoms with van der Waals surface area (Å²) < 4.78 is 28.5. The third kappa shape index (κ3) is 5.29.